The first kappa shape index (κ1) is 10.3. The van der Waals surface area contributed by atoms with Crippen molar-refractivity contribution in [2.45, 2.75) is 32.4 Å². The van der Waals surface area contributed by atoms with Crippen LogP contribution in [0.25, 0.3) is 0 Å². The summed E-state index contributed by atoms with van der Waals surface area (Å²) in [6.45, 7) is 5.24. The first-order chi connectivity index (χ1) is 8.17. The molecule has 17 heavy (non-hydrogen) atoms. The van der Waals surface area contributed by atoms with Crippen LogP contribution in [0.3, 0.4) is 0 Å². The van der Waals surface area contributed by atoms with E-state index in [0.717, 1.165) is 18.7 Å². The molecule has 0 N–H and O–H groups in total. The smallest absolute Gasteiger partial charge is 0.124 e. The van der Waals surface area contributed by atoms with E-state index in [1.807, 2.05) is 0 Å². The van der Waals surface area contributed by atoms with Crippen LogP contribution >= 0.6 is 0 Å². The van der Waals surface area contributed by atoms with Crippen molar-refractivity contribution in [1.82, 2.24) is 10.3 Å². The maximum absolute atomic E-state index is 4.65. The van der Waals surface area contributed by atoms with Gasteiger partial charge in [-0.05, 0) is 31.9 Å². The molecule has 0 radical (unpaired) electrons. The predicted octanol–water partition coefficient (Wildman–Crippen LogP) is 2.41. The third kappa shape index (κ3) is 1.69. The fourth-order valence-corrected chi connectivity index (χ4v) is 2.53. The Morgan fingerprint density at radius 1 is 1.35 bits per heavy atom. The van der Waals surface area contributed by atoms with Crippen molar-refractivity contribution < 1.29 is 4.63 Å². The number of rotatable bonds is 2. The third-order valence-corrected chi connectivity index (χ3v) is 3.36. The van der Waals surface area contributed by atoms with Gasteiger partial charge in [0.25, 0.3) is 0 Å². The van der Waals surface area contributed by atoms with Gasteiger partial charge in [-0.15, -0.1) is 0 Å². The summed E-state index contributed by atoms with van der Waals surface area (Å²) in [4.78, 5) is 2.36. The molecule has 1 aliphatic heterocycles. The molecule has 4 nitrogen and oxygen atoms in total. The van der Waals surface area contributed by atoms with E-state index in [9.17, 15) is 0 Å². The lowest BCUT2D eigenvalue weighted by atomic mass is 9.99. The SMILES string of the molecule is CC1(C)Cc2ccccc2N1Cc1cnon1. The zero-order valence-electron chi connectivity index (χ0n) is 10.1. The van der Waals surface area contributed by atoms with Crippen molar-refractivity contribution in [2.24, 2.45) is 0 Å². The summed E-state index contributed by atoms with van der Waals surface area (Å²) in [6, 6.07) is 8.53. The average Bonchev–Trinajstić information content (AvgIpc) is 2.86. The van der Waals surface area contributed by atoms with Crippen molar-refractivity contribution in [3.05, 3.63) is 41.7 Å². The fourth-order valence-electron chi connectivity index (χ4n) is 2.53. The van der Waals surface area contributed by atoms with Crippen LogP contribution in [0.4, 0.5) is 5.69 Å². The number of aromatic nitrogens is 2. The first-order valence-electron chi connectivity index (χ1n) is 5.79. The lowest BCUT2D eigenvalue weighted by molar-refractivity contribution is 0.302. The van der Waals surface area contributed by atoms with Crippen LogP contribution in [0.5, 0.6) is 0 Å². The molecule has 0 amide bonds. The number of anilines is 1. The zero-order chi connectivity index (χ0) is 11.9. The molecule has 1 aromatic heterocycles. The predicted molar refractivity (Wildman–Crippen MR) is 64.7 cm³/mol. The molecule has 1 aliphatic rings. The van der Waals surface area contributed by atoms with Gasteiger partial charge in [0.05, 0.1) is 12.7 Å². The lowest BCUT2D eigenvalue weighted by Crippen LogP contribution is -2.40. The zero-order valence-corrected chi connectivity index (χ0v) is 10.1. The van der Waals surface area contributed by atoms with Gasteiger partial charge >= 0.3 is 0 Å². The molecule has 0 unspecified atom stereocenters. The maximum Gasteiger partial charge on any atom is 0.124 e. The highest BCUT2D eigenvalue weighted by Gasteiger charge is 2.35. The van der Waals surface area contributed by atoms with Crippen molar-refractivity contribution >= 4 is 5.69 Å². The van der Waals surface area contributed by atoms with E-state index in [-0.39, 0.29) is 5.54 Å². The van der Waals surface area contributed by atoms with Crippen LogP contribution in [0.1, 0.15) is 25.1 Å². The van der Waals surface area contributed by atoms with Crippen LogP contribution in [0, 0.1) is 0 Å². The van der Waals surface area contributed by atoms with Crippen LogP contribution in [0.15, 0.2) is 35.1 Å². The van der Waals surface area contributed by atoms with E-state index in [4.69, 9.17) is 0 Å². The molecule has 2 aromatic rings. The monoisotopic (exact) mass is 229 g/mol. The molecule has 0 fully saturated rings. The molecule has 2 heterocycles. The number of hydrogen-bond acceptors (Lipinski definition) is 4. The Morgan fingerprint density at radius 3 is 2.94 bits per heavy atom. The maximum atomic E-state index is 4.65. The minimum absolute atomic E-state index is 0.114. The molecule has 0 saturated carbocycles. The van der Waals surface area contributed by atoms with Crippen molar-refractivity contribution in [3.63, 3.8) is 0 Å². The number of benzene rings is 1. The Balaban J connectivity index is 1.97. The minimum Gasteiger partial charge on any atom is -0.360 e. The fraction of sp³-hybridized carbons (Fsp3) is 0.385. The topological polar surface area (TPSA) is 42.2 Å². The molecular weight excluding hydrogens is 214 g/mol. The average molecular weight is 229 g/mol. The molecule has 4 heteroatoms. The molecular formula is C13H15N3O. The van der Waals surface area contributed by atoms with Gasteiger partial charge in [-0.3, -0.25) is 0 Å². The minimum atomic E-state index is 0.114. The second kappa shape index (κ2) is 3.58. The summed E-state index contributed by atoms with van der Waals surface area (Å²) >= 11 is 0. The second-order valence-electron chi connectivity index (χ2n) is 5.10. The Kier molecular flexibility index (Phi) is 2.18. The van der Waals surface area contributed by atoms with E-state index in [1.165, 1.54) is 11.3 Å². The summed E-state index contributed by atoms with van der Waals surface area (Å²) in [5.41, 5.74) is 3.67. The Morgan fingerprint density at radius 2 is 2.18 bits per heavy atom. The van der Waals surface area contributed by atoms with E-state index in [2.05, 4.69) is 58.0 Å². The summed E-state index contributed by atoms with van der Waals surface area (Å²) in [6.07, 6.45) is 2.74. The summed E-state index contributed by atoms with van der Waals surface area (Å²) in [5, 5.41) is 7.55. The molecule has 3 rings (SSSR count). The second-order valence-corrected chi connectivity index (χ2v) is 5.10. The highest BCUT2D eigenvalue weighted by Crippen LogP contribution is 2.39. The van der Waals surface area contributed by atoms with Gasteiger partial charge in [0, 0.05) is 11.2 Å². The van der Waals surface area contributed by atoms with Crippen LogP contribution in [0.2, 0.25) is 0 Å². The van der Waals surface area contributed by atoms with E-state index in [0.29, 0.717) is 0 Å². The molecule has 1 aromatic carbocycles. The van der Waals surface area contributed by atoms with E-state index < -0.39 is 0 Å². The Bertz CT molecular complexity index is 519. The summed E-state index contributed by atoms with van der Waals surface area (Å²) in [7, 11) is 0. The standard InChI is InChI=1S/C13H15N3O/c1-13(2)7-10-5-3-4-6-12(10)16(13)9-11-8-14-17-15-11/h3-6,8H,7,9H2,1-2H3. The van der Waals surface area contributed by atoms with Crippen molar-refractivity contribution in [3.8, 4) is 0 Å². The highest BCUT2D eigenvalue weighted by molar-refractivity contribution is 5.61. The van der Waals surface area contributed by atoms with Crippen LogP contribution in [-0.4, -0.2) is 15.9 Å². The largest absolute Gasteiger partial charge is 0.360 e. The van der Waals surface area contributed by atoms with E-state index in [1.54, 1.807) is 6.20 Å². The van der Waals surface area contributed by atoms with Crippen molar-refractivity contribution in [2.75, 3.05) is 4.90 Å². The molecule has 0 bridgehead atoms. The van der Waals surface area contributed by atoms with Crippen molar-refractivity contribution in [1.29, 1.82) is 0 Å². The van der Waals surface area contributed by atoms with Gasteiger partial charge in [0.15, 0.2) is 0 Å². The summed E-state index contributed by atoms with van der Waals surface area (Å²) in [5.74, 6) is 0. The van der Waals surface area contributed by atoms with Gasteiger partial charge in [-0.2, -0.15) is 0 Å². The van der Waals surface area contributed by atoms with Gasteiger partial charge in [0.2, 0.25) is 0 Å². The molecule has 0 atom stereocenters. The molecule has 0 spiro atoms. The lowest BCUT2D eigenvalue weighted by Gasteiger charge is -2.33. The molecule has 0 aliphatic carbocycles. The molecule has 88 valence electrons. The number of hydrogen-bond donors (Lipinski definition) is 0. The van der Waals surface area contributed by atoms with E-state index >= 15 is 0 Å². The normalized spacial score (nSPS) is 17.2. The van der Waals surface area contributed by atoms with Gasteiger partial charge < -0.3 is 4.90 Å². The first-order valence-corrected chi connectivity index (χ1v) is 5.79. The third-order valence-electron chi connectivity index (χ3n) is 3.36. The van der Waals surface area contributed by atoms with Gasteiger partial charge in [0.1, 0.15) is 5.69 Å². The number of nitrogens with zero attached hydrogens (tertiary/aromatic N) is 3. The number of fused-ring (bicyclic) bond motifs is 1. The Hall–Kier alpha value is -1.84. The Labute approximate surface area is 100 Å². The van der Waals surface area contributed by atoms with Crippen LogP contribution < -0.4 is 4.90 Å². The van der Waals surface area contributed by atoms with Crippen LogP contribution in [-0.2, 0) is 13.0 Å². The van der Waals surface area contributed by atoms with Gasteiger partial charge in [-0.1, -0.05) is 28.5 Å². The number of para-hydroxylation sites is 1. The quantitative estimate of drug-likeness (QED) is 0.793. The van der Waals surface area contributed by atoms with Gasteiger partial charge in [-0.25, -0.2) is 4.63 Å². The summed E-state index contributed by atoms with van der Waals surface area (Å²) < 4.78 is 4.65. The highest BCUT2D eigenvalue weighted by atomic mass is 16.6. The molecule has 0 saturated heterocycles.